The van der Waals surface area contributed by atoms with E-state index in [-0.39, 0.29) is 18.1 Å². The number of likely N-dealkylation sites (N-methyl/N-ethyl adjacent to an activating group) is 1. The first-order valence-electron chi connectivity index (χ1n) is 4.12. The Morgan fingerprint density at radius 1 is 1.33 bits per heavy atom. The van der Waals surface area contributed by atoms with Gasteiger partial charge in [-0.05, 0) is 0 Å². The molecule has 0 aliphatic carbocycles. The highest BCUT2D eigenvalue weighted by Crippen LogP contribution is 2.10. The molecule has 1 aliphatic heterocycles. The number of nitrogens with zero attached hydrogens (tertiary/aromatic N) is 1. The normalized spacial score (nSPS) is 26.8. The Hall–Kier alpha value is -0.130. The highest BCUT2D eigenvalue weighted by atomic mass is 32.2. The molecule has 0 saturated carbocycles. The minimum Gasteiger partial charge on any atom is -0.391 e. The van der Waals surface area contributed by atoms with Crippen LogP contribution in [0, 0.1) is 0 Å². The number of hydrogen-bond donors (Lipinski definition) is 1. The lowest BCUT2D eigenvalue weighted by Gasteiger charge is -2.36. The Kier molecular flexibility index (Phi) is 2.75. The molecule has 4 nitrogen and oxygen atoms in total. The van der Waals surface area contributed by atoms with Gasteiger partial charge in [-0.15, -0.1) is 0 Å². The molecule has 0 amide bonds. The molecule has 0 aromatic carbocycles. The quantitative estimate of drug-likeness (QED) is 0.565. The molecular formula is C7H16NO3S+. The Morgan fingerprint density at radius 2 is 1.83 bits per heavy atom. The predicted molar refractivity (Wildman–Crippen MR) is 46.5 cm³/mol. The second-order valence-electron chi connectivity index (χ2n) is 3.67. The fourth-order valence-electron chi connectivity index (χ4n) is 1.40. The van der Waals surface area contributed by atoms with E-state index in [1.165, 1.54) is 0 Å². The Morgan fingerprint density at radius 3 is 2.25 bits per heavy atom. The van der Waals surface area contributed by atoms with Crippen LogP contribution in [0.5, 0.6) is 0 Å². The third-order valence-corrected chi connectivity index (χ3v) is 4.13. The molecule has 5 heteroatoms. The number of aliphatic hydroxyl groups excluding tert-OH is 1. The molecule has 0 aromatic heterocycles. The van der Waals surface area contributed by atoms with E-state index in [0.29, 0.717) is 24.1 Å². The van der Waals surface area contributed by atoms with Gasteiger partial charge in [0.2, 0.25) is 0 Å². The van der Waals surface area contributed by atoms with Gasteiger partial charge in [-0.25, -0.2) is 8.42 Å². The monoisotopic (exact) mass is 194 g/mol. The zero-order valence-corrected chi connectivity index (χ0v) is 8.18. The van der Waals surface area contributed by atoms with Crippen molar-refractivity contribution in [2.45, 2.75) is 0 Å². The molecule has 72 valence electrons. The van der Waals surface area contributed by atoms with Gasteiger partial charge in [0.05, 0.1) is 38.2 Å². The molecule has 12 heavy (non-hydrogen) atoms. The van der Waals surface area contributed by atoms with Gasteiger partial charge in [-0.1, -0.05) is 0 Å². The van der Waals surface area contributed by atoms with Crippen molar-refractivity contribution in [2.24, 2.45) is 0 Å². The summed E-state index contributed by atoms with van der Waals surface area (Å²) < 4.78 is 22.8. The fourth-order valence-corrected chi connectivity index (χ4v) is 3.04. The third kappa shape index (κ3) is 2.43. The summed E-state index contributed by atoms with van der Waals surface area (Å²) in [7, 11) is -0.778. The van der Waals surface area contributed by atoms with Gasteiger partial charge in [-0.2, -0.15) is 0 Å². The molecule has 1 heterocycles. The van der Waals surface area contributed by atoms with Crippen LogP contribution >= 0.6 is 0 Å². The summed E-state index contributed by atoms with van der Waals surface area (Å²) in [6.45, 7) is 2.08. The zero-order valence-electron chi connectivity index (χ0n) is 7.36. The van der Waals surface area contributed by atoms with E-state index >= 15 is 0 Å². The first-order chi connectivity index (χ1) is 5.47. The van der Waals surface area contributed by atoms with Crippen LogP contribution in [0.3, 0.4) is 0 Å². The van der Waals surface area contributed by atoms with Crippen molar-refractivity contribution in [1.82, 2.24) is 0 Å². The van der Waals surface area contributed by atoms with Gasteiger partial charge >= 0.3 is 0 Å². The summed E-state index contributed by atoms with van der Waals surface area (Å²) in [4.78, 5) is 0. The molecule has 0 bridgehead atoms. The van der Waals surface area contributed by atoms with Crippen LogP contribution in [0.25, 0.3) is 0 Å². The summed E-state index contributed by atoms with van der Waals surface area (Å²) in [5.74, 6) is 0.535. The number of quaternary nitrogens is 1. The van der Waals surface area contributed by atoms with Crippen molar-refractivity contribution in [1.29, 1.82) is 0 Å². The van der Waals surface area contributed by atoms with Crippen LogP contribution in [0.1, 0.15) is 0 Å². The maximum Gasteiger partial charge on any atom is 0.161 e. The largest absolute Gasteiger partial charge is 0.391 e. The summed E-state index contributed by atoms with van der Waals surface area (Å²) in [6.07, 6.45) is 0. The van der Waals surface area contributed by atoms with E-state index in [1.807, 2.05) is 7.05 Å². The maximum atomic E-state index is 11.1. The van der Waals surface area contributed by atoms with Crippen LogP contribution in [0.2, 0.25) is 0 Å². The highest BCUT2D eigenvalue weighted by Gasteiger charge is 2.31. The number of aliphatic hydroxyl groups is 1. The van der Waals surface area contributed by atoms with Gasteiger partial charge in [0.1, 0.15) is 6.54 Å². The molecule has 1 rings (SSSR count). The van der Waals surface area contributed by atoms with Crippen LogP contribution in [0.4, 0.5) is 0 Å². The average Bonchev–Trinajstić information content (AvgIpc) is 1.98. The zero-order chi connectivity index (χ0) is 9.24. The van der Waals surface area contributed by atoms with Crippen molar-refractivity contribution < 1.29 is 18.0 Å². The first-order valence-corrected chi connectivity index (χ1v) is 5.94. The van der Waals surface area contributed by atoms with Crippen molar-refractivity contribution in [3.63, 3.8) is 0 Å². The van der Waals surface area contributed by atoms with E-state index in [4.69, 9.17) is 5.11 Å². The van der Waals surface area contributed by atoms with Crippen LogP contribution < -0.4 is 0 Å². The van der Waals surface area contributed by atoms with E-state index < -0.39 is 9.84 Å². The highest BCUT2D eigenvalue weighted by molar-refractivity contribution is 7.91. The topological polar surface area (TPSA) is 54.4 Å². The second-order valence-corrected chi connectivity index (χ2v) is 5.97. The van der Waals surface area contributed by atoms with Crippen LogP contribution in [0.15, 0.2) is 0 Å². The molecule has 0 radical (unpaired) electrons. The molecule has 0 aromatic rings. The minimum atomic E-state index is -2.77. The molecule has 1 saturated heterocycles. The average molecular weight is 194 g/mol. The number of hydrogen-bond acceptors (Lipinski definition) is 3. The lowest BCUT2D eigenvalue weighted by atomic mass is 10.4. The van der Waals surface area contributed by atoms with Crippen molar-refractivity contribution in [3.8, 4) is 0 Å². The fraction of sp³-hybridized carbons (Fsp3) is 1.00. The molecule has 1 aliphatic rings. The van der Waals surface area contributed by atoms with Gasteiger partial charge in [0.15, 0.2) is 9.84 Å². The first kappa shape index (κ1) is 9.95. The Balaban J connectivity index is 2.55. The molecule has 1 fully saturated rings. The molecule has 0 spiro atoms. The second kappa shape index (κ2) is 3.32. The Labute approximate surface area is 73.3 Å². The van der Waals surface area contributed by atoms with Crippen LogP contribution in [-0.4, -0.2) is 62.8 Å². The number of rotatable bonds is 2. The van der Waals surface area contributed by atoms with Gasteiger partial charge in [0, 0.05) is 0 Å². The van der Waals surface area contributed by atoms with Gasteiger partial charge in [-0.3, -0.25) is 0 Å². The Bertz CT molecular complexity index is 233. The predicted octanol–water partition coefficient (Wildman–Crippen LogP) is -1.15. The summed E-state index contributed by atoms with van der Waals surface area (Å²) in [6, 6.07) is 0. The summed E-state index contributed by atoms with van der Waals surface area (Å²) in [5, 5.41) is 8.75. The minimum absolute atomic E-state index is 0.135. The lowest BCUT2D eigenvalue weighted by molar-refractivity contribution is -0.906. The van der Waals surface area contributed by atoms with Crippen molar-refractivity contribution >= 4 is 9.84 Å². The van der Waals surface area contributed by atoms with E-state index in [0.717, 1.165) is 0 Å². The van der Waals surface area contributed by atoms with Gasteiger partial charge < -0.3 is 9.59 Å². The standard InChI is InChI=1S/C7H16NO3S/c1-8(2-5-9)3-6-12(10,11)7-4-8/h9H,2-7H2,1H3/q+1. The molecular weight excluding hydrogens is 178 g/mol. The van der Waals surface area contributed by atoms with Crippen molar-refractivity contribution in [3.05, 3.63) is 0 Å². The molecule has 1 N–H and O–H groups in total. The molecule has 0 atom stereocenters. The van der Waals surface area contributed by atoms with E-state index in [9.17, 15) is 8.42 Å². The smallest absolute Gasteiger partial charge is 0.161 e. The van der Waals surface area contributed by atoms with E-state index in [2.05, 4.69) is 0 Å². The van der Waals surface area contributed by atoms with Crippen molar-refractivity contribution in [2.75, 3.05) is 44.8 Å². The van der Waals surface area contributed by atoms with Gasteiger partial charge in [0.25, 0.3) is 0 Å². The molecule has 0 unspecified atom stereocenters. The third-order valence-electron chi connectivity index (χ3n) is 2.52. The van der Waals surface area contributed by atoms with Crippen LogP contribution in [-0.2, 0) is 9.84 Å². The summed E-state index contributed by atoms with van der Waals surface area (Å²) in [5.41, 5.74) is 0. The summed E-state index contributed by atoms with van der Waals surface area (Å²) >= 11 is 0. The number of sulfone groups is 1. The lowest BCUT2D eigenvalue weighted by Crippen LogP contribution is -2.55. The SMILES string of the molecule is C[N+]1(CCO)CCS(=O)(=O)CC1. The maximum absolute atomic E-state index is 11.1. The van der Waals surface area contributed by atoms with E-state index in [1.54, 1.807) is 0 Å².